The third kappa shape index (κ3) is 12.1. The fourth-order valence-electron chi connectivity index (χ4n) is 6.30. The number of benzene rings is 3. The van der Waals surface area contributed by atoms with Crippen molar-refractivity contribution in [2.45, 2.75) is 64.5 Å². The number of aromatic nitrogens is 2. The van der Waals surface area contributed by atoms with Crippen LogP contribution in [0.15, 0.2) is 60.9 Å². The van der Waals surface area contributed by atoms with Crippen LogP contribution in [0.1, 0.15) is 66.8 Å². The molecule has 0 radical (unpaired) electrons. The number of nitrogens with zero attached hydrogens (tertiary/aromatic N) is 4. The summed E-state index contributed by atoms with van der Waals surface area (Å²) in [5, 5.41) is 10.9. The first-order valence-corrected chi connectivity index (χ1v) is 18.0. The Hall–Kier alpha value is -4.25. The van der Waals surface area contributed by atoms with Gasteiger partial charge in [0.05, 0.1) is 63.2 Å². The van der Waals surface area contributed by atoms with Crippen LogP contribution in [0.3, 0.4) is 0 Å². The molecule has 17 heteroatoms. The van der Waals surface area contributed by atoms with Crippen LogP contribution in [0, 0.1) is 0 Å². The van der Waals surface area contributed by atoms with Gasteiger partial charge in [0.15, 0.2) is 11.5 Å². The average Bonchev–Trinajstić information content (AvgIpc) is 3.16. The number of rotatable bonds is 16. The van der Waals surface area contributed by atoms with Crippen LogP contribution in [0.25, 0.3) is 11.1 Å². The number of carbonyl (C=O) groups excluding carboxylic acids is 1. The van der Waals surface area contributed by atoms with Crippen molar-refractivity contribution in [1.29, 1.82) is 0 Å². The zero-order valence-corrected chi connectivity index (χ0v) is 34.4. The molecule has 4 aromatic rings. The Kier molecular flexibility index (Phi) is 15.9. The van der Waals surface area contributed by atoms with E-state index in [4.69, 9.17) is 18.9 Å². The summed E-state index contributed by atoms with van der Waals surface area (Å²) in [6.07, 6.45) is -6.46. The Balaban J connectivity index is 0.00000720. The molecule has 0 saturated carbocycles. The van der Waals surface area contributed by atoms with Gasteiger partial charge in [-0.1, -0.05) is 19.9 Å². The molecule has 0 bridgehead atoms. The van der Waals surface area contributed by atoms with Gasteiger partial charge in [-0.05, 0) is 89.9 Å². The SMILES string of the molecule is COc1cc(-c2cc(C(C)C)ccc2OC)c(CN(Cc2cc(C(F)(F)F)cc(C(F)(F)F)c2)c2ncc(N3CCOCC3)cn2)cc1OCCCCC(=O)[O-].[Na+]. The third-order valence-corrected chi connectivity index (χ3v) is 9.27. The predicted octanol–water partition coefficient (Wildman–Crippen LogP) is 4.67. The summed E-state index contributed by atoms with van der Waals surface area (Å²) >= 11 is 0. The van der Waals surface area contributed by atoms with E-state index in [1.54, 1.807) is 24.5 Å². The second kappa shape index (κ2) is 19.9. The number of unbranched alkanes of at least 4 members (excludes halogenated alkanes) is 1. The number of alkyl halides is 6. The van der Waals surface area contributed by atoms with Crippen molar-refractivity contribution in [2.75, 3.05) is 56.9 Å². The van der Waals surface area contributed by atoms with Gasteiger partial charge in [-0.3, -0.25) is 0 Å². The van der Waals surface area contributed by atoms with E-state index >= 15 is 0 Å². The topological polar surface area (TPSA) is 109 Å². The molecular formula is C40H43F6N4NaO6. The first kappa shape index (κ1) is 45.5. The molecular weight excluding hydrogens is 769 g/mol. The number of aliphatic carboxylic acids is 1. The quantitative estimate of drug-likeness (QED) is 0.0901. The maximum Gasteiger partial charge on any atom is 1.00 e. The second-order valence-corrected chi connectivity index (χ2v) is 13.6. The molecule has 0 aliphatic carbocycles. The summed E-state index contributed by atoms with van der Waals surface area (Å²) in [7, 11) is 2.96. The Morgan fingerprint density at radius 1 is 0.842 bits per heavy atom. The van der Waals surface area contributed by atoms with E-state index < -0.39 is 36.0 Å². The molecule has 2 heterocycles. The number of hydrogen-bond donors (Lipinski definition) is 0. The van der Waals surface area contributed by atoms with Crippen LogP contribution in [0.2, 0.25) is 0 Å². The van der Waals surface area contributed by atoms with E-state index in [9.17, 15) is 36.2 Å². The Morgan fingerprint density at radius 3 is 2.04 bits per heavy atom. The number of ether oxygens (including phenoxy) is 4. The Bertz CT molecular complexity index is 1920. The van der Waals surface area contributed by atoms with Gasteiger partial charge in [0.1, 0.15) is 5.75 Å². The largest absolute Gasteiger partial charge is 1.00 e. The zero-order chi connectivity index (χ0) is 40.6. The standard InChI is InChI=1S/C40H44F6N4O6.Na/c1-25(2)27-8-9-34(53-3)33(17-27)32-20-35(54-4)36(56-12-6-5-7-37(51)52)18-28(32)24-50(38-47-21-31(22-48-38)49-10-13-55-14-11-49)23-26-15-29(39(41,42)43)19-30(16-26)40(44,45)46;/h8-9,15-22,25H,5-7,10-14,23-24H2,1-4H3,(H,51,52);/q;+1/p-1. The molecule has 0 spiro atoms. The van der Waals surface area contributed by atoms with Crippen molar-refractivity contribution < 1.29 is 84.7 Å². The van der Waals surface area contributed by atoms with E-state index in [0.717, 1.165) is 5.56 Å². The minimum Gasteiger partial charge on any atom is -0.550 e. The molecule has 1 fully saturated rings. The molecule has 57 heavy (non-hydrogen) atoms. The van der Waals surface area contributed by atoms with Crippen LogP contribution < -0.4 is 58.7 Å². The summed E-state index contributed by atoms with van der Waals surface area (Å²) < 4.78 is 107. The average molecular weight is 813 g/mol. The number of carboxylic acid groups (broad SMARTS) is 1. The maximum atomic E-state index is 14.0. The molecule has 302 valence electrons. The summed E-state index contributed by atoms with van der Waals surface area (Å²) in [6, 6.07) is 10.6. The zero-order valence-electron chi connectivity index (χ0n) is 32.4. The first-order valence-electron chi connectivity index (χ1n) is 18.0. The normalized spacial score (nSPS) is 13.3. The van der Waals surface area contributed by atoms with Gasteiger partial charge in [0, 0.05) is 37.7 Å². The Labute approximate surface area is 349 Å². The van der Waals surface area contributed by atoms with Crippen molar-refractivity contribution in [3.8, 4) is 28.4 Å². The third-order valence-electron chi connectivity index (χ3n) is 9.27. The van der Waals surface area contributed by atoms with Crippen molar-refractivity contribution in [3.05, 3.63) is 88.7 Å². The number of halogens is 6. The van der Waals surface area contributed by atoms with Crippen LogP contribution in [0.4, 0.5) is 38.0 Å². The van der Waals surface area contributed by atoms with E-state index in [2.05, 4.69) is 9.97 Å². The molecule has 1 aliphatic heterocycles. The number of anilines is 2. The number of carbonyl (C=O) groups is 1. The molecule has 0 atom stereocenters. The van der Waals surface area contributed by atoms with Gasteiger partial charge in [-0.25, -0.2) is 9.97 Å². The van der Waals surface area contributed by atoms with Crippen molar-refractivity contribution in [1.82, 2.24) is 9.97 Å². The van der Waals surface area contributed by atoms with Crippen LogP contribution in [-0.4, -0.2) is 63.1 Å². The van der Waals surface area contributed by atoms with Crippen molar-refractivity contribution in [2.24, 2.45) is 0 Å². The molecule has 0 N–H and O–H groups in total. The number of hydrogen-bond acceptors (Lipinski definition) is 10. The predicted molar refractivity (Wildman–Crippen MR) is 195 cm³/mol. The van der Waals surface area contributed by atoms with Gasteiger partial charge >= 0.3 is 41.9 Å². The van der Waals surface area contributed by atoms with E-state index in [-0.39, 0.29) is 78.4 Å². The fraction of sp³-hybridized carbons (Fsp3) is 0.425. The van der Waals surface area contributed by atoms with Crippen molar-refractivity contribution >= 4 is 17.6 Å². The molecule has 0 unspecified atom stereocenters. The van der Waals surface area contributed by atoms with E-state index in [1.165, 1.54) is 19.1 Å². The van der Waals surface area contributed by atoms with Crippen LogP contribution in [0.5, 0.6) is 17.2 Å². The van der Waals surface area contributed by atoms with E-state index in [1.807, 2.05) is 36.9 Å². The minimum absolute atomic E-state index is 0. The molecule has 5 rings (SSSR count). The van der Waals surface area contributed by atoms with Gasteiger partial charge in [-0.15, -0.1) is 0 Å². The number of methoxy groups -OCH3 is 2. The van der Waals surface area contributed by atoms with Crippen molar-refractivity contribution in [3.63, 3.8) is 0 Å². The molecule has 0 amide bonds. The first-order chi connectivity index (χ1) is 26.6. The van der Waals surface area contributed by atoms with Gasteiger partial charge < -0.3 is 38.6 Å². The molecule has 1 saturated heterocycles. The summed E-state index contributed by atoms with van der Waals surface area (Å²) in [5.74, 6) is 0.0792. The van der Waals surface area contributed by atoms with Gasteiger partial charge in [0.2, 0.25) is 5.95 Å². The second-order valence-electron chi connectivity index (χ2n) is 13.6. The number of carboxylic acids is 1. The van der Waals surface area contributed by atoms with Gasteiger partial charge in [-0.2, -0.15) is 26.3 Å². The maximum absolute atomic E-state index is 14.0. The van der Waals surface area contributed by atoms with Crippen LogP contribution in [-0.2, 0) is 35.0 Å². The summed E-state index contributed by atoms with van der Waals surface area (Å²) in [5.41, 5.74) is 0.244. The monoisotopic (exact) mass is 812 g/mol. The fourth-order valence-corrected chi connectivity index (χ4v) is 6.30. The van der Waals surface area contributed by atoms with Gasteiger partial charge in [0.25, 0.3) is 0 Å². The molecule has 1 aliphatic rings. The molecule has 10 nitrogen and oxygen atoms in total. The summed E-state index contributed by atoms with van der Waals surface area (Å²) in [4.78, 5) is 23.5. The number of morpholine rings is 1. The van der Waals surface area contributed by atoms with Crippen LogP contribution >= 0.6 is 0 Å². The minimum atomic E-state index is -5.05. The summed E-state index contributed by atoms with van der Waals surface area (Å²) in [6.45, 7) is 5.75. The molecule has 1 aromatic heterocycles. The van der Waals surface area contributed by atoms with E-state index in [0.29, 0.717) is 85.2 Å². The molecule has 3 aromatic carbocycles. The Morgan fingerprint density at radius 2 is 1.47 bits per heavy atom. The smallest absolute Gasteiger partial charge is 0.550 e.